The number of rotatable bonds is 5. The van der Waals surface area contributed by atoms with Gasteiger partial charge in [0.25, 0.3) is 10.0 Å². The van der Waals surface area contributed by atoms with Gasteiger partial charge in [0, 0.05) is 11.0 Å². The fourth-order valence-corrected chi connectivity index (χ4v) is 4.72. The van der Waals surface area contributed by atoms with Crippen LogP contribution in [-0.2, 0) is 14.9 Å². The predicted octanol–water partition coefficient (Wildman–Crippen LogP) is 2.57. The summed E-state index contributed by atoms with van der Waals surface area (Å²) in [7, 11) is -4.28. The molecule has 13 heteroatoms. The Bertz CT molecular complexity index is 1130. The SMILES string of the molecule is N#CN(C(N)=Nc1ccc(Cl)c(S(=O)(=O)NN2CCCO2)c1O)c1ccccc1Br. The Morgan fingerprint density at radius 2 is 2.13 bits per heavy atom. The second-order valence-electron chi connectivity index (χ2n) is 5.98. The van der Waals surface area contributed by atoms with Crippen LogP contribution in [0.1, 0.15) is 6.42 Å². The highest BCUT2D eigenvalue weighted by Gasteiger charge is 2.29. The summed E-state index contributed by atoms with van der Waals surface area (Å²) in [6.07, 6.45) is 2.53. The second-order valence-corrected chi connectivity index (χ2v) is 8.84. The number of benzene rings is 2. The lowest BCUT2D eigenvalue weighted by Crippen LogP contribution is -2.39. The summed E-state index contributed by atoms with van der Waals surface area (Å²) in [5, 5.41) is 20.9. The first-order chi connectivity index (χ1) is 14.2. The number of phenolic OH excluding ortho intramolecular Hbond substituents is 1. The van der Waals surface area contributed by atoms with Crippen LogP contribution < -0.4 is 15.5 Å². The number of anilines is 1. The molecule has 1 heterocycles. The summed E-state index contributed by atoms with van der Waals surface area (Å²) in [6.45, 7) is 0.702. The highest BCUT2D eigenvalue weighted by molar-refractivity contribution is 9.10. The number of nitriles is 1. The minimum Gasteiger partial charge on any atom is -0.504 e. The van der Waals surface area contributed by atoms with Gasteiger partial charge in [-0.25, -0.2) is 18.3 Å². The van der Waals surface area contributed by atoms with E-state index in [0.717, 1.165) is 10.1 Å². The van der Waals surface area contributed by atoms with Crippen LogP contribution in [0.15, 0.2) is 50.8 Å². The summed E-state index contributed by atoms with van der Waals surface area (Å²) < 4.78 is 26.0. The molecular formula is C17H16BrClN6O4S. The van der Waals surface area contributed by atoms with Crippen molar-refractivity contribution in [3.05, 3.63) is 45.9 Å². The van der Waals surface area contributed by atoms with Crippen LogP contribution in [0.25, 0.3) is 0 Å². The van der Waals surface area contributed by atoms with Gasteiger partial charge in [-0.3, -0.25) is 4.84 Å². The van der Waals surface area contributed by atoms with Gasteiger partial charge in [0.05, 0.1) is 17.3 Å². The van der Waals surface area contributed by atoms with E-state index in [4.69, 9.17) is 22.2 Å². The molecule has 0 saturated carbocycles. The van der Waals surface area contributed by atoms with E-state index in [1.807, 2.05) is 6.19 Å². The maximum Gasteiger partial charge on any atom is 0.260 e. The topological polar surface area (TPSA) is 144 Å². The summed E-state index contributed by atoms with van der Waals surface area (Å²) >= 11 is 9.35. The summed E-state index contributed by atoms with van der Waals surface area (Å²) in [4.78, 5) is 11.8. The Hall–Kier alpha value is -2.40. The number of nitrogens with two attached hydrogens (primary N) is 1. The molecule has 1 aliphatic rings. The molecule has 0 spiro atoms. The molecule has 0 radical (unpaired) electrons. The first-order valence-corrected chi connectivity index (χ1v) is 11.1. The van der Waals surface area contributed by atoms with Crippen molar-refractivity contribution in [2.45, 2.75) is 11.3 Å². The first kappa shape index (κ1) is 22.3. The molecule has 1 saturated heterocycles. The molecule has 0 bridgehead atoms. The quantitative estimate of drug-likeness (QED) is 0.238. The molecule has 2 aromatic rings. The van der Waals surface area contributed by atoms with Gasteiger partial charge in [0.2, 0.25) is 5.96 Å². The molecule has 4 N–H and O–H groups in total. The first-order valence-electron chi connectivity index (χ1n) is 8.47. The van der Waals surface area contributed by atoms with Crippen molar-refractivity contribution in [2.24, 2.45) is 10.7 Å². The van der Waals surface area contributed by atoms with Gasteiger partial charge < -0.3 is 10.8 Å². The zero-order valence-electron chi connectivity index (χ0n) is 15.3. The van der Waals surface area contributed by atoms with Gasteiger partial charge in [0.15, 0.2) is 11.9 Å². The lowest BCUT2D eigenvalue weighted by molar-refractivity contribution is -0.129. The highest BCUT2D eigenvalue weighted by atomic mass is 79.9. The Kier molecular flexibility index (Phi) is 6.81. The van der Waals surface area contributed by atoms with Gasteiger partial charge in [0.1, 0.15) is 10.6 Å². The summed E-state index contributed by atoms with van der Waals surface area (Å²) in [5.41, 5.74) is 6.18. The minimum atomic E-state index is -4.28. The maximum absolute atomic E-state index is 12.7. The molecule has 158 valence electrons. The van der Waals surface area contributed by atoms with Gasteiger partial charge in [-0.2, -0.15) is 5.26 Å². The summed E-state index contributed by atoms with van der Waals surface area (Å²) in [6, 6.07) is 9.34. The van der Waals surface area contributed by atoms with E-state index in [1.165, 1.54) is 12.1 Å². The third-order valence-corrected chi connectivity index (χ3v) is 6.46. The van der Waals surface area contributed by atoms with E-state index in [0.29, 0.717) is 29.7 Å². The van der Waals surface area contributed by atoms with Crippen molar-refractivity contribution in [3.8, 4) is 11.9 Å². The fraction of sp³-hybridized carbons (Fsp3) is 0.176. The molecule has 0 amide bonds. The number of phenols is 1. The van der Waals surface area contributed by atoms with E-state index in [1.54, 1.807) is 24.3 Å². The molecule has 2 aromatic carbocycles. The number of para-hydroxylation sites is 1. The molecule has 0 aromatic heterocycles. The van der Waals surface area contributed by atoms with Crippen molar-refractivity contribution in [2.75, 3.05) is 18.1 Å². The van der Waals surface area contributed by atoms with Crippen molar-refractivity contribution in [1.82, 2.24) is 10.0 Å². The smallest absolute Gasteiger partial charge is 0.260 e. The van der Waals surface area contributed by atoms with E-state index >= 15 is 0 Å². The van der Waals surface area contributed by atoms with E-state index in [9.17, 15) is 18.8 Å². The molecule has 0 unspecified atom stereocenters. The highest BCUT2D eigenvalue weighted by Crippen LogP contribution is 2.39. The Morgan fingerprint density at radius 1 is 1.40 bits per heavy atom. The fourth-order valence-electron chi connectivity index (χ4n) is 2.62. The summed E-state index contributed by atoms with van der Waals surface area (Å²) in [5.74, 6) is -1.01. The predicted molar refractivity (Wildman–Crippen MR) is 114 cm³/mol. The van der Waals surface area contributed by atoms with Crippen molar-refractivity contribution in [3.63, 3.8) is 0 Å². The normalized spacial score (nSPS) is 15.2. The average molecular weight is 516 g/mol. The lowest BCUT2D eigenvalue weighted by atomic mass is 10.3. The number of hydrazine groups is 1. The lowest BCUT2D eigenvalue weighted by Gasteiger charge is -2.18. The largest absolute Gasteiger partial charge is 0.504 e. The molecule has 0 atom stereocenters. The number of hydrogen-bond donors (Lipinski definition) is 3. The van der Waals surface area contributed by atoms with Crippen LogP contribution in [-0.4, -0.2) is 37.8 Å². The zero-order valence-corrected chi connectivity index (χ0v) is 18.4. The standard InChI is InChI=1S/C17H16BrClN6O4S/c18-11-4-1-2-5-14(11)24(10-20)17(21)22-13-7-6-12(19)16(15(13)26)30(27,28)23-25-8-3-9-29-25/h1-2,4-7,23,26H,3,8-9H2,(H2,21,22). The second kappa shape index (κ2) is 9.17. The van der Waals surface area contributed by atoms with Crippen LogP contribution in [0, 0.1) is 11.5 Å². The molecular weight excluding hydrogens is 500 g/mol. The molecule has 1 fully saturated rings. The van der Waals surface area contributed by atoms with Crippen molar-refractivity contribution in [1.29, 1.82) is 5.26 Å². The van der Waals surface area contributed by atoms with Gasteiger partial charge >= 0.3 is 0 Å². The Balaban J connectivity index is 2.00. The number of sulfonamides is 1. The third-order valence-electron chi connectivity index (χ3n) is 3.96. The monoisotopic (exact) mass is 514 g/mol. The zero-order chi connectivity index (χ0) is 21.9. The van der Waals surface area contributed by atoms with Gasteiger partial charge in [-0.1, -0.05) is 23.7 Å². The van der Waals surface area contributed by atoms with Crippen molar-refractivity contribution >= 4 is 54.9 Å². The van der Waals surface area contributed by atoms with E-state index in [2.05, 4.69) is 25.8 Å². The Labute approximate surface area is 186 Å². The number of nitrogens with zero attached hydrogens (tertiary/aromatic N) is 4. The number of halogens is 2. The third kappa shape index (κ3) is 4.67. The minimum absolute atomic E-state index is 0.188. The van der Waals surface area contributed by atoms with Crippen LogP contribution in [0.2, 0.25) is 5.02 Å². The molecule has 10 nitrogen and oxygen atoms in total. The van der Waals surface area contributed by atoms with Crippen LogP contribution in [0.4, 0.5) is 11.4 Å². The van der Waals surface area contributed by atoms with Crippen LogP contribution in [0.3, 0.4) is 0 Å². The number of aromatic hydroxyl groups is 1. The molecule has 0 aliphatic carbocycles. The number of guanidine groups is 1. The van der Waals surface area contributed by atoms with Crippen LogP contribution in [0.5, 0.6) is 5.75 Å². The van der Waals surface area contributed by atoms with Gasteiger partial charge in [-0.05, 0) is 46.6 Å². The van der Waals surface area contributed by atoms with E-state index in [-0.39, 0.29) is 16.7 Å². The number of hydroxylamine groups is 1. The number of nitrogens with one attached hydrogen (secondary N) is 1. The number of hydrogen-bond acceptors (Lipinski definition) is 7. The number of aliphatic imine (C=N–C) groups is 1. The van der Waals surface area contributed by atoms with E-state index < -0.39 is 20.7 Å². The maximum atomic E-state index is 12.7. The Morgan fingerprint density at radius 3 is 2.77 bits per heavy atom. The molecule has 1 aliphatic heterocycles. The molecule has 3 rings (SSSR count). The van der Waals surface area contributed by atoms with Crippen LogP contribution >= 0.6 is 27.5 Å². The average Bonchev–Trinajstić information content (AvgIpc) is 3.18. The van der Waals surface area contributed by atoms with Crippen molar-refractivity contribution < 1.29 is 18.4 Å². The van der Waals surface area contributed by atoms with Gasteiger partial charge in [-0.15, -0.1) is 10.0 Å². The molecule has 30 heavy (non-hydrogen) atoms.